The van der Waals surface area contributed by atoms with Crippen LogP contribution in [0.15, 0.2) is 17.8 Å². The standard InChI is InChI=1S/C15H20N2O4.H4N2/c1-2-21-15(20)13-6-4-8-17(13)14(19)10-16-7-3-5-12(9-16)11-18;1-2/h3,7,13H,2,4-6,8-10H2,1H3;1-2H2. The summed E-state index contributed by atoms with van der Waals surface area (Å²) in [5.41, 5.74) is 0.633. The Morgan fingerprint density at radius 2 is 2.17 bits per heavy atom. The van der Waals surface area contributed by atoms with Gasteiger partial charge in [-0.2, -0.15) is 0 Å². The van der Waals surface area contributed by atoms with Gasteiger partial charge in [-0.25, -0.2) is 9.59 Å². The molecule has 0 spiro atoms. The highest BCUT2D eigenvalue weighted by Gasteiger charge is 2.35. The molecule has 2 rings (SSSR count). The molecule has 8 nitrogen and oxygen atoms in total. The number of rotatable bonds is 4. The first-order valence-electron chi connectivity index (χ1n) is 7.58. The molecule has 1 amide bonds. The van der Waals surface area contributed by atoms with Crippen LogP contribution in [0.25, 0.3) is 0 Å². The van der Waals surface area contributed by atoms with Crippen LogP contribution in [-0.4, -0.2) is 59.9 Å². The zero-order chi connectivity index (χ0) is 17.2. The maximum Gasteiger partial charge on any atom is 0.328 e. The Morgan fingerprint density at radius 1 is 1.43 bits per heavy atom. The molecule has 0 aromatic heterocycles. The van der Waals surface area contributed by atoms with Gasteiger partial charge in [-0.15, -0.1) is 0 Å². The van der Waals surface area contributed by atoms with Gasteiger partial charge in [0.25, 0.3) is 0 Å². The van der Waals surface area contributed by atoms with Gasteiger partial charge in [0.05, 0.1) is 13.2 Å². The van der Waals surface area contributed by atoms with Gasteiger partial charge >= 0.3 is 5.97 Å². The third-order valence-electron chi connectivity index (χ3n) is 3.69. The third-order valence-corrected chi connectivity index (χ3v) is 3.69. The molecule has 2 aliphatic heterocycles. The average molecular weight is 324 g/mol. The zero-order valence-corrected chi connectivity index (χ0v) is 13.4. The average Bonchev–Trinajstić information content (AvgIpc) is 3.07. The van der Waals surface area contributed by atoms with Crippen LogP contribution in [0.2, 0.25) is 0 Å². The van der Waals surface area contributed by atoms with E-state index in [1.54, 1.807) is 16.7 Å². The van der Waals surface area contributed by atoms with Crippen molar-refractivity contribution in [2.24, 2.45) is 11.7 Å². The summed E-state index contributed by atoms with van der Waals surface area (Å²) in [6, 6.07) is -0.465. The highest BCUT2D eigenvalue weighted by molar-refractivity contribution is 5.86. The first-order chi connectivity index (χ1) is 11.2. The molecule has 0 aliphatic carbocycles. The number of esters is 1. The molecule has 1 atom stereocenters. The van der Waals surface area contributed by atoms with Gasteiger partial charge in [0.15, 0.2) is 0 Å². The van der Waals surface area contributed by atoms with Crippen molar-refractivity contribution in [2.45, 2.75) is 32.2 Å². The summed E-state index contributed by atoms with van der Waals surface area (Å²) in [5, 5.41) is 0. The summed E-state index contributed by atoms with van der Waals surface area (Å²) in [4.78, 5) is 38.3. The molecule has 0 aromatic rings. The van der Waals surface area contributed by atoms with Crippen LogP contribution in [0, 0.1) is 0 Å². The topological polar surface area (TPSA) is 119 Å². The van der Waals surface area contributed by atoms with E-state index in [4.69, 9.17) is 4.74 Å². The Labute approximate surface area is 135 Å². The van der Waals surface area contributed by atoms with Gasteiger partial charge in [-0.3, -0.25) is 16.5 Å². The number of hydrogen-bond acceptors (Lipinski definition) is 7. The van der Waals surface area contributed by atoms with Crippen molar-refractivity contribution >= 4 is 17.8 Å². The number of hydrogen-bond donors (Lipinski definition) is 2. The van der Waals surface area contributed by atoms with E-state index in [1.807, 2.05) is 18.2 Å². The second-order valence-electron chi connectivity index (χ2n) is 5.20. The number of amides is 1. The minimum atomic E-state index is -0.465. The van der Waals surface area contributed by atoms with Gasteiger partial charge in [0.2, 0.25) is 5.91 Å². The monoisotopic (exact) mass is 324 g/mol. The lowest BCUT2D eigenvalue weighted by Gasteiger charge is -2.28. The Kier molecular flexibility index (Phi) is 8.04. The Balaban J connectivity index is 0.00000127. The number of carbonyl (C=O) groups is 2. The number of likely N-dealkylation sites (tertiary alicyclic amines) is 1. The van der Waals surface area contributed by atoms with Gasteiger partial charge < -0.3 is 14.5 Å². The Bertz CT molecular complexity index is 500. The molecule has 0 saturated carbocycles. The molecule has 1 saturated heterocycles. The molecule has 23 heavy (non-hydrogen) atoms. The molecule has 0 bridgehead atoms. The number of ether oxygens (including phenoxy) is 1. The fraction of sp³-hybridized carbons (Fsp3) is 0.600. The molecule has 4 N–H and O–H groups in total. The van der Waals surface area contributed by atoms with E-state index in [0.717, 1.165) is 6.42 Å². The molecular formula is C15H24N4O4. The van der Waals surface area contributed by atoms with E-state index in [1.165, 1.54) is 0 Å². The van der Waals surface area contributed by atoms with Crippen molar-refractivity contribution in [3.63, 3.8) is 0 Å². The summed E-state index contributed by atoms with van der Waals surface area (Å²) >= 11 is 0. The maximum absolute atomic E-state index is 12.4. The summed E-state index contributed by atoms with van der Waals surface area (Å²) in [6.45, 7) is 3.24. The minimum Gasteiger partial charge on any atom is -0.464 e. The van der Waals surface area contributed by atoms with Gasteiger partial charge in [-0.05, 0) is 26.0 Å². The predicted octanol–water partition coefficient (Wildman–Crippen LogP) is -0.663. The fourth-order valence-corrected chi connectivity index (χ4v) is 2.70. The summed E-state index contributed by atoms with van der Waals surface area (Å²) in [7, 11) is 0. The zero-order valence-electron chi connectivity index (χ0n) is 13.4. The second-order valence-corrected chi connectivity index (χ2v) is 5.20. The van der Waals surface area contributed by atoms with Crippen molar-refractivity contribution in [2.75, 3.05) is 26.2 Å². The lowest BCUT2D eigenvalue weighted by Crippen LogP contribution is -2.45. The molecule has 1 fully saturated rings. The van der Waals surface area contributed by atoms with Gasteiger partial charge in [0, 0.05) is 25.1 Å². The van der Waals surface area contributed by atoms with Crippen molar-refractivity contribution < 1.29 is 19.1 Å². The normalized spacial score (nSPS) is 19.8. The SMILES string of the molecule is CCOC(=O)C1CCCN1C(=O)CN1C=CCC(=C=O)C1.NN. The molecule has 128 valence electrons. The van der Waals surface area contributed by atoms with Crippen LogP contribution in [-0.2, 0) is 19.1 Å². The van der Waals surface area contributed by atoms with Crippen molar-refractivity contribution in [1.82, 2.24) is 9.80 Å². The molecule has 0 aromatic carbocycles. The molecular weight excluding hydrogens is 300 g/mol. The summed E-state index contributed by atoms with van der Waals surface area (Å²) < 4.78 is 5.01. The van der Waals surface area contributed by atoms with E-state index in [9.17, 15) is 14.4 Å². The van der Waals surface area contributed by atoms with Crippen LogP contribution in [0.4, 0.5) is 0 Å². The van der Waals surface area contributed by atoms with Crippen molar-refractivity contribution in [3.8, 4) is 0 Å². The number of nitrogens with two attached hydrogens (primary N) is 2. The fourth-order valence-electron chi connectivity index (χ4n) is 2.70. The molecule has 2 heterocycles. The van der Waals surface area contributed by atoms with E-state index in [2.05, 4.69) is 11.7 Å². The summed E-state index contributed by atoms with van der Waals surface area (Å²) in [5.74, 6) is 9.46. The maximum atomic E-state index is 12.4. The minimum absolute atomic E-state index is 0.109. The van der Waals surface area contributed by atoms with Crippen LogP contribution >= 0.6 is 0 Å². The van der Waals surface area contributed by atoms with Crippen molar-refractivity contribution in [3.05, 3.63) is 17.8 Å². The molecule has 1 unspecified atom stereocenters. The highest BCUT2D eigenvalue weighted by Crippen LogP contribution is 2.19. The van der Waals surface area contributed by atoms with E-state index >= 15 is 0 Å². The Hall–Kier alpha value is -2.15. The summed E-state index contributed by atoms with van der Waals surface area (Å²) in [6.07, 6.45) is 5.70. The first-order valence-corrected chi connectivity index (χ1v) is 7.58. The lowest BCUT2D eigenvalue weighted by atomic mass is 10.1. The predicted molar refractivity (Wildman–Crippen MR) is 84.3 cm³/mol. The molecule has 2 aliphatic rings. The number of hydrazine groups is 1. The molecule has 0 radical (unpaired) electrons. The Morgan fingerprint density at radius 3 is 2.83 bits per heavy atom. The van der Waals surface area contributed by atoms with E-state index in [0.29, 0.717) is 38.1 Å². The smallest absolute Gasteiger partial charge is 0.328 e. The van der Waals surface area contributed by atoms with Crippen LogP contribution in [0.1, 0.15) is 26.2 Å². The number of nitrogens with zero attached hydrogens (tertiary/aromatic N) is 2. The first kappa shape index (κ1) is 18.9. The van der Waals surface area contributed by atoms with E-state index in [-0.39, 0.29) is 18.4 Å². The van der Waals surface area contributed by atoms with Crippen LogP contribution in [0.3, 0.4) is 0 Å². The third kappa shape index (κ3) is 5.21. The van der Waals surface area contributed by atoms with Gasteiger partial charge in [-0.1, -0.05) is 6.08 Å². The van der Waals surface area contributed by atoms with Crippen LogP contribution < -0.4 is 11.7 Å². The van der Waals surface area contributed by atoms with Crippen molar-refractivity contribution in [1.29, 1.82) is 0 Å². The van der Waals surface area contributed by atoms with Gasteiger partial charge in [0.1, 0.15) is 12.0 Å². The number of allylic oxidation sites excluding steroid dienone is 1. The van der Waals surface area contributed by atoms with Crippen LogP contribution in [0.5, 0.6) is 0 Å². The second kappa shape index (κ2) is 9.78. The quantitative estimate of drug-likeness (QED) is 0.305. The number of carbonyl (C=O) groups excluding carboxylic acids is 3. The van der Waals surface area contributed by atoms with E-state index < -0.39 is 6.04 Å². The lowest BCUT2D eigenvalue weighted by molar-refractivity contribution is -0.153. The molecule has 8 heteroatoms. The highest BCUT2D eigenvalue weighted by atomic mass is 16.5. The largest absolute Gasteiger partial charge is 0.464 e.